The molecule has 0 bridgehead atoms. The van der Waals surface area contributed by atoms with Crippen LogP contribution in [0.5, 0.6) is 0 Å². The third-order valence-electron chi connectivity index (χ3n) is 14.9. The molecule has 0 aromatic carbocycles. The van der Waals surface area contributed by atoms with Crippen LogP contribution in [-0.4, -0.2) is 47.3 Å². The summed E-state index contributed by atoms with van der Waals surface area (Å²) in [4.78, 5) is 37.5. The Bertz CT molecular complexity index is 1120. The molecule has 244 valence electrons. The van der Waals surface area contributed by atoms with Crippen LogP contribution in [0, 0.1) is 56.2 Å². The highest BCUT2D eigenvalue weighted by molar-refractivity contribution is 5.81. The second-order valence-corrected chi connectivity index (χ2v) is 17.5. The van der Waals surface area contributed by atoms with Crippen molar-refractivity contribution in [1.82, 2.24) is 5.32 Å². The van der Waals surface area contributed by atoms with Gasteiger partial charge in [-0.05, 0) is 123 Å². The van der Waals surface area contributed by atoms with Gasteiger partial charge in [0, 0.05) is 18.4 Å². The minimum atomic E-state index is -1.13. The van der Waals surface area contributed by atoms with E-state index in [1.54, 1.807) is 13.8 Å². The number of hydrogen-bond donors (Lipinski definition) is 3. The number of nitrogens with one attached hydrogen (secondary N) is 1. The third-order valence-corrected chi connectivity index (χ3v) is 14.9. The highest BCUT2D eigenvalue weighted by atomic mass is 16.5. The van der Waals surface area contributed by atoms with E-state index in [1.165, 1.54) is 38.5 Å². The minimum absolute atomic E-state index is 0.00868. The van der Waals surface area contributed by atoms with Gasteiger partial charge in [-0.15, -0.1) is 0 Å². The average Bonchev–Trinajstić information content (AvgIpc) is 3.32. The number of carbonyl (C=O) groups is 3. The number of carbonyl (C=O) groups excluding carboxylic acids is 2. The largest absolute Gasteiger partial charge is 0.481 e. The summed E-state index contributed by atoms with van der Waals surface area (Å²) in [5, 5.41) is 21.7. The van der Waals surface area contributed by atoms with Crippen LogP contribution >= 0.6 is 0 Å². The van der Waals surface area contributed by atoms with Crippen molar-refractivity contribution in [2.45, 2.75) is 138 Å². The predicted octanol–water partition coefficient (Wildman–Crippen LogP) is 6.75. The molecule has 7 nitrogen and oxygen atoms in total. The number of rotatable bonds is 8. The third kappa shape index (κ3) is 5.06. The lowest BCUT2D eigenvalue weighted by molar-refractivity contribution is -0.248. The number of aliphatic hydroxyl groups is 1. The Morgan fingerprint density at radius 1 is 0.837 bits per heavy atom. The molecule has 5 aliphatic carbocycles. The summed E-state index contributed by atoms with van der Waals surface area (Å²) < 4.78 is 6.12. The number of ether oxygens (including phenoxy) is 1. The number of aliphatic carboxylic acids is 1. The van der Waals surface area contributed by atoms with E-state index in [0.717, 1.165) is 32.1 Å². The van der Waals surface area contributed by atoms with Crippen molar-refractivity contribution in [1.29, 1.82) is 0 Å². The van der Waals surface area contributed by atoms with Crippen LogP contribution < -0.4 is 5.32 Å². The van der Waals surface area contributed by atoms with Crippen molar-refractivity contribution in [2.75, 3.05) is 13.2 Å². The lowest BCUT2D eigenvalue weighted by Crippen LogP contribution is -2.66. The van der Waals surface area contributed by atoms with Gasteiger partial charge < -0.3 is 20.3 Å². The molecule has 9 atom stereocenters. The van der Waals surface area contributed by atoms with Gasteiger partial charge in [-0.3, -0.25) is 14.4 Å². The van der Waals surface area contributed by atoms with Gasteiger partial charge in [-0.2, -0.15) is 0 Å². The first-order chi connectivity index (χ1) is 20.0. The molecule has 0 aromatic rings. The average molecular weight is 602 g/mol. The lowest BCUT2D eigenvalue weighted by Gasteiger charge is -2.72. The van der Waals surface area contributed by atoms with Crippen LogP contribution in [0.2, 0.25) is 0 Å². The Balaban J connectivity index is 1.35. The molecular weight excluding hydrogens is 542 g/mol. The zero-order chi connectivity index (χ0) is 31.6. The monoisotopic (exact) mass is 601 g/mol. The Hall–Kier alpha value is -1.63. The van der Waals surface area contributed by atoms with E-state index in [-0.39, 0.29) is 52.1 Å². The fourth-order valence-electron chi connectivity index (χ4n) is 12.4. The molecule has 0 aliphatic heterocycles. The van der Waals surface area contributed by atoms with Crippen molar-refractivity contribution in [3.8, 4) is 0 Å². The van der Waals surface area contributed by atoms with Crippen molar-refractivity contribution >= 4 is 17.8 Å². The highest BCUT2D eigenvalue weighted by Crippen LogP contribution is 2.77. The van der Waals surface area contributed by atoms with Crippen LogP contribution in [-0.2, 0) is 19.1 Å². The van der Waals surface area contributed by atoms with Gasteiger partial charge >= 0.3 is 11.9 Å². The van der Waals surface area contributed by atoms with Crippen molar-refractivity contribution in [3.05, 3.63) is 0 Å². The van der Waals surface area contributed by atoms with Crippen molar-refractivity contribution < 1.29 is 29.3 Å². The zero-order valence-corrected chi connectivity index (χ0v) is 28.0. The van der Waals surface area contributed by atoms with Gasteiger partial charge in [0.15, 0.2) is 0 Å². The molecule has 5 rings (SSSR count). The Kier molecular flexibility index (Phi) is 8.39. The van der Waals surface area contributed by atoms with Crippen molar-refractivity contribution in [3.63, 3.8) is 0 Å². The van der Waals surface area contributed by atoms with E-state index in [4.69, 9.17) is 4.74 Å². The second-order valence-electron chi connectivity index (χ2n) is 17.5. The summed E-state index contributed by atoms with van der Waals surface area (Å²) in [5.74, 6) is 1.07. The SMILES string of the molecule is CC(C)(CC(=O)O[C@H]1CC[C@@]2(C)C(CC[C@]3(C)C2CC[C@@H]2[C@H]4CCC[C@]4(CC(=O)NCCO)CC[C@]23C)C1(C)C)C(=O)O. The first-order valence-electron chi connectivity index (χ1n) is 17.3. The standard InChI is InChI=1S/C36H59NO6/c1-31(2,30(41)42)22-29(40)43-27-13-15-33(5)25(32(27,3)4)12-16-35(7)26(33)11-10-23-24-9-8-14-36(24,18-17-34(23,35)6)21-28(39)37-19-20-38/h23-27,38H,8-22H2,1-7H3,(H,37,39)(H,41,42)/t23-,24-,25?,26?,27+,33+,34-,35-,36-/m1/s1. The molecule has 7 heteroatoms. The van der Waals surface area contributed by atoms with E-state index in [1.807, 2.05) is 0 Å². The number of esters is 1. The van der Waals surface area contributed by atoms with E-state index >= 15 is 0 Å². The molecule has 43 heavy (non-hydrogen) atoms. The number of fused-ring (bicyclic) bond motifs is 7. The molecule has 1 amide bonds. The summed E-state index contributed by atoms with van der Waals surface area (Å²) in [6.07, 6.45) is 13.0. The molecule has 0 saturated heterocycles. The molecule has 0 aromatic heterocycles. The normalized spacial score (nSPS) is 43.4. The van der Waals surface area contributed by atoms with Crippen molar-refractivity contribution in [2.24, 2.45) is 56.2 Å². The first-order valence-corrected chi connectivity index (χ1v) is 17.3. The van der Waals surface area contributed by atoms with Gasteiger partial charge in [0.05, 0.1) is 18.4 Å². The maximum absolute atomic E-state index is 13.0. The van der Waals surface area contributed by atoms with E-state index in [9.17, 15) is 24.6 Å². The second kappa shape index (κ2) is 11.0. The minimum Gasteiger partial charge on any atom is -0.481 e. The fraction of sp³-hybridized carbons (Fsp3) is 0.917. The van der Waals surface area contributed by atoms with E-state index < -0.39 is 17.4 Å². The summed E-state index contributed by atoms with van der Waals surface area (Å²) in [5.41, 5.74) is -0.537. The fourth-order valence-corrected chi connectivity index (χ4v) is 12.4. The van der Waals surface area contributed by atoms with Gasteiger partial charge in [-0.1, -0.05) is 41.0 Å². The molecular formula is C36H59NO6. The molecule has 0 heterocycles. The Morgan fingerprint density at radius 2 is 1.56 bits per heavy atom. The molecule has 0 radical (unpaired) electrons. The van der Waals surface area contributed by atoms with Crippen LogP contribution in [0.15, 0.2) is 0 Å². The molecule has 5 saturated carbocycles. The maximum atomic E-state index is 13.0. The Morgan fingerprint density at radius 3 is 2.23 bits per heavy atom. The van der Waals surface area contributed by atoms with Gasteiger partial charge in [-0.25, -0.2) is 0 Å². The highest BCUT2D eigenvalue weighted by Gasteiger charge is 2.70. The maximum Gasteiger partial charge on any atom is 0.309 e. The summed E-state index contributed by atoms with van der Waals surface area (Å²) in [6, 6.07) is 0. The first kappa shape index (κ1) is 32.8. The lowest BCUT2D eigenvalue weighted by atomic mass is 9.32. The van der Waals surface area contributed by atoms with Gasteiger partial charge in [0.2, 0.25) is 5.91 Å². The van der Waals surface area contributed by atoms with Crippen LogP contribution in [0.4, 0.5) is 0 Å². The van der Waals surface area contributed by atoms with E-state index in [0.29, 0.717) is 36.6 Å². The summed E-state index contributed by atoms with van der Waals surface area (Å²) >= 11 is 0. The molecule has 2 unspecified atom stereocenters. The quantitative estimate of drug-likeness (QED) is 0.265. The Labute approximate surface area is 259 Å². The number of carboxylic acids is 1. The van der Waals surface area contributed by atoms with Crippen LogP contribution in [0.3, 0.4) is 0 Å². The summed E-state index contributed by atoms with van der Waals surface area (Å²) in [6.45, 7) is 15.9. The van der Waals surface area contributed by atoms with Crippen LogP contribution in [0.1, 0.15) is 132 Å². The summed E-state index contributed by atoms with van der Waals surface area (Å²) in [7, 11) is 0. The molecule has 0 spiro atoms. The van der Waals surface area contributed by atoms with E-state index in [2.05, 4.69) is 39.9 Å². The molecule has 3 N–H and O–H groups in total. The number of amides is 1. The number of aliphatic hydroxyl groups excluding tert-OH is 1. The smallest absolute Gasteiger partial charge is 0.309 e. The topological polar surface area (TPSA) is 113 Å². The molecule has 5 aliphatic rings. The van der Waals surface area contributed by atoms with Gasteiger partial charge in [0.25, 0.3) is 0 Å². The number of hydrogen-bond acceptors (Lipinski definition) is 5. The molecule has 5 fully saturated rings. The predicted molar refractivity (Wildman–Crippen MR) is 166 cm³/mol. The number of carboxylic acid groups (broad SMARTS) is 1. The van der Waals surface area contributed by atoms with Gasteiger partial charge in [0.1, 0.15) is 6.10 Å². The zero-order valence-electron chi connectivity index (χ0n) is 28.0. The van der Waals surface area contributed by atoms with Crippen LogP contribution in [0.25, 0.3) is 0 Å².